The maximum Gasteiger partial charge on any atom is 0.490 e. The maximum absolute atomic E-state index is 10.6. The van der Waals surface area contributed by atoms with Crippen molar-refractivity contribution >= 4 is 50.6 Å². The van der Waals surface area contributed by atoms with E-state index in [2.05, 4.69) is 117 Å². The zero-order chi connectivity index (χ0) is 30.5. The van der Waals surface area contributed by atoms with Crippen LogP contribution in [0, 0.1) is 6.07 Å². The molecule has 0 fully saturated rings. The number of hydrogen-bond donors (Lipinski definition) is 1. The van der Waals surface area contributed by atoms with Crippen LogP contribution in [0.3, 0.4) is 0 Å². The number of carboxylic acids is 1. The van der Waals surface area contributed by atoms with E-state index in [0.717, 1.165) is 0 Å². The van der Waals surface area contributed by atoms with Crippen LogP contribution >= 0.6 is 15.8 Å². The minimum Gasteiger partial charge on any atom is -0.475 e. The van der Waals surface area contributed by atoms with Crippen molar-refractivity contribution in [1.82, 2.24) is 0 Å². The molecule has 0 saturated heterocycles. The molecule has 0 bridgehead atoms. The van der Waals surface area contributed by atoms with Crippen molar-refractivity contribution in [2.45, 2.75) is 84.2 Å². The average Bonchev–Trinajstić information content (AvgIpc) is 2.87. The number of aliphatic carboxylic acids is 1. The smallest absolute Gasteiger partial charge is 0.475 e. The Morgan fingerprint density at radius 3 is 1.22 bits per heavy atom. The summed E-state index contributed by atoms with van der Waals surface area (Å²) in [5.74, 6) is -2.76. The molecule has 41 heavy (non-hydrogen) atoms. The van der Waals surface area contributed by atoms with Gasteiger partial charge in [0.2, 0.25) is 0 Å². The standard InChI is InChI=1S/C24H36BP2.C6H5.C2HF3O2.Rh/c1-17(2)26(18(3)4)23-15-11-9-13-21(23)25-22-14-10-12-16-24(22)27(19(5)6)20(7)8;1-2-4-6-5-3-1;3-2(4,5)1(6)7;/h9-20H,1-8H3;1-5H;(H,6,7);/q;-1;;. The number of carboxylic acid groups (broad SMARTS) is 1. The monoisotopic (exact) mass is 691 g/mol. The fraction of sp³-hybridized carbons (Fsp3) is 0.406. The first kappa shape index (κ1) is 39.5. The number of carbonyl (C=O) groups is 1. The summed E-state index contributed by atoms with van der Waals surface area (Å²) < 4.78 is 31.7. The van der Waals surface area contributed by atoms with Gasteiger partial charge in [0, 0.05) is 19.5 Å². The molecular weight excluding hydrogens is 649 g/mol. The third-order valence-corrected chi connectivity index (χ3v) is 12.2. The third-order valence-electron chi connectivity index (χ3n) is 5.82. The largest absolute Gasteiger partial charge is 0.490 e. The van der Waals surface area contributed by atoms with E-state index < -0.39 is 12.1 Å². The Kier molecular flexibility index (Phi) is 18.9. The summed E-state index contributed by atoms with van der Waals surface area (Å²) in [7, 11) is 2.13. The fourth-order valence-electron chi connectivity index (χ4n) is 4.50. The second kappa shape index (κ2) is 19.6. The molecule has 3 aromatic carbocycles. The van der Waals surface area contributed by atoms with E-state index in [1.165, 1.54) is 10.9 Å². The van der Waals surface area contributed by atoms with Crippen molar-refractivity contribution in [1.29, 1.82) is 0 Å². The molecular formula is C32H42BF3O2P2Rh-. The minimum absolute atomic E-state index is 0. The zero-order valence-corrected chi connectivity index (χ0v) is 28.5. The van der Waals surface area contributed by atoms with E-state index in [-0.39, 0.29) is 35.3 Å². The average molecular weight is 691 g/mol. The fourth-order valence-corrected chi connectivity index (χ4v) is 10.5. The molecule has 3 rings (SSSR count). The molecule has 2 radical (unpaired) electrons. The normalized spacial score (nSPS) is 11.1. The number of halogens is 3. The Morgan fingerprint density at radius 1 is 0.683 bits per heavy atom. The van der Waals surface area contributed by atoms with Gasteiger partial charge in [0.25, 0.3) is 0 Å². The van der Waals surface area contributed by atoms with Crippen molar-refractivity contribution in [2.75, 3.05) is 0 Å². The van der Waals surface area contributed by atoms with Crippen LogP contribution in [0.15, 0.2) is 78.9 Å². The molecule has 9 heteroatoms. The first-order valence-corrected chi connectivity index (χ1v) is 16.4. The van der Waals surface area contributed by atoms with Gasteiger partial charge in [-0.1, -0.05) is 131 Å². The van der Waals surface area contributed by atoms with Crippen LogP contribution in [0.25, 0.3) is 0 Å². The first-order chi connectivity index (χ1) is 18.7. The summed E-state index contributed by atoms with van der Waals surface area (Å²) in [5, 5.41) is 10.2. The second-order valence-electron chi connectivity index (χ2n) is 10.3. The molecule has 0 heterocycles. The first-order valence-electron chi connectivity index (χ1n) is 13.5. The van der Waals surface area contributed by atoms with Gasteiger partial charge in [0.05, 0.1) is 0 Å². The van der Waals surface area contributed by atoms with Crippen LogP contribution in [0.2, 0.25) is 0 Å². The predicted molar refractivity (Wildman–Crippen MR) is 171 cm³/mol. The van der Waals surface area contributed by atoms with Gasteiger partial charge >= 0.3 is 12.1 Å². The summed E-state index contributed by atoms with van der Waals surface area (Å²) >= 11 is 0. The second-order valence-corrected chi connectivity index (χ2v) is 17.1. The van der Waals surface area contributed by atoms with Gasteiger partial charge in [-0.05, 0) is 33.2 Å². The number of benzene rings is 3. The van der Waals surface area contributed by atoms with Crippen LogP contribution in [0.4, 0.5) is 13.2 Å². The molecule has 0 aromatic heterocycles. The molecule has 1 N–H and O–H groups in total. The zero-order valence-electron chi connectivity index (χ0n) is 25.1. The van der Waals surface area contributed by atoms with Crippen LogP contribution in [-0.4, -0.2) is 47.2 Å². The molecule has 2 nitrogen and oxygen atoms in total. The van der Waals surface area contributed by atoms with Crippen molar-refractivity contribution in [3.8, 4) is 0 Å². The Hall–Kier alpha value is -1.53. The number of hydrogen-bond acceptors (Lipinski definition) is 1. The van der Waals surface area contributed by atoms with Gasteiger partial charge in [0.15, 0.2) is 7.28 Å². The number of rotatable bonds is 8. The van der Waals surface area contributed by atoms with Crippen LogP contribution in [-0.2, 0) is 24.3 Å². The third kappa shape index (κ3) is 14.0. The Bertz CT molecular complexity index is 1040. The van der Waals surface area contributed by atoms with Crippen molar-refractivity contribution in [3.63, 3.8) is 0 Å². The molecule has 0 saturated carbocycles. The summed E-state index contributed by atoms with van der Waals surface area (Å²) in [5.41, 5.74) is 5.64. The van der Waals surface area contributed by atoms with E-state index in [1.807, 2.05) is 30.3 Å². The summed E-state index contributed by atoms with van der Waals surface area (Å²) in [6.45, 7) is 19.1. The van der Waals surface area contributed by atoms with Gasteiger partial charge < -0.3 is 5.11 Å². The molecule has 0 aliphatic rings. The van der Waals surface area contributed by atoms with E-state index in [9.17, 15) is 13.2 Å². The molecule has 0 amide bonds. The molecule has 226 valence electrons. The Balaban J connectivity index is 0.000000939. The summed E-state index contributed by atoms with van der Waals surface area (Å²) in [6.07, 6.45) is -5.08. The molecule has 0 aliphatic carbocycles. The molecule has 0 atom stereocenters. The minimum atomic E-state index is -5.08. The maximum atomic E-state index is 10.6. The number of alkyl halides is 3. The van der Waals surface area contributed by atoms with Gasteiger partial charge in [-0.25, -0.2) is 4.79 Å². The Labute approximate surface area is 261 Å². The van der Waals surface area contributed by atoms with E-state index in [1.54, 1.807) is 10.6 Å². The van der Waals surface area contributed by atoms with Gasteiger partial charge in [-0.3, -0.25) is 0 Å². The van der Waals surface area contributed by atoms with E-state index in [0.29, 0.717) is 22.6 Å². The molecule has 0 spiro atoms. The van der Waals surface area contributed by atoms with Gasteiger partial charge in [0.1, 0.15) is 0 Å². The van der Waals surface area contributed by atoms with Gasteiger partial charge in [-0.15, -0.1) is 0 Å². The van der Waals surface area contributed by atoms with E-state index in [4.69, 9.17) is 9.90 Å². The predicted octanol–water partition coefficient (Wildman–Crippen LogP) is 7.31. The van der Waals surface area contributed by atoms with Gasteiger partial charge in [-0.2, -0.15) is 49.6 Å². The summed E-state index contributed by atoms with van der Waals surface area (Å²) in [4.78, 5) is 8.90. The topological polar surface area (TPSA) is 37.3 Å². The molecule has 0 aliphatic heterocycles. The quantitative estimate of drug-likeness (QED) is 0.153. The van der Waals surface area contributed by atoms with Crippen LogP contribution in [0.5, 0.6) is 0 Å². The van der Waals surface area contributed by atoms with Crippen molar-refractivity contribution < 1.29 is 42.6 Å². The SMILES string of the molecule is CC(C)P(c1ccccc1[B]c1ccccc1P(C(C)C)C(C)C)C(C)C.O=C(O)C(F)(F)F.[Rh].[c-]1ccccc1. The van der Waals surface area contributed by atoms with E-state index >= 15 is 0 Å². The van der Waals surface area contributed by atoms with Crippen LogP contribution in [0.1, 0.15) is 55.4 Å². The van der Waals surface area contributed by atoms with Crippen molar-refractivity contribution in [2.24, 2.45) is 0 Å². The molecule has 3 aromatic rings. The summed E-state index contributed by atoms with van der Waals surface area (Å²) in [6, 6.07) is 30.7. The molecule has 0 unspecified atom stereocenters. The van der Waals surface area contributed by atoms with Crippen molar-refractivity contribution in [3.05, 3.63) is 84.9 Å². The van der Waals surface area contributed by atoms with Crippen LogP contribution < -0.4 is 21.5 Å². The Morgan fingerprint density at radius 2 is 1.00 bits per heavy atom.